The van der Waals surface area contributed by atoms with Crippen molar-refractivity contribution in [1.82, 2.24) is 14.8 Å². The molecule has 0 atom stereocenters. The van der Waals surface area contributed by atoms with Gasteiger partial charge in [-0.1, -0.05) is 53.2 Å². The molecule has 0 radical (unpaired) electrons. The Balaban J connectivity index is 1.61. The van der Waals surface area contributed by atoms with E-state index in [1.165, 1.54) is 11.8 Å². The molecule has 1 N–H and O–H groups in total. The number of ether oxygens (including phenoxy) is 1. The van der Waals surface area contributed by atoms with Crippen LogP contribution < -0.4 is 10.1 Å². The summed E-state index contributed by atoms with van der Waals surface area (Å²) in [6.45, 7) is 1.95. The molecule has 3 aromatic carbocycles. The summed E-state index contributed by atoms with van der Waals surface area (Å²) < 4.78 is 7.23. The van der Waals surface area contributed by atoms with Crippen LogP contribution in [0.5, 0.6) is 5.75 Å². The van der Waals surface area contributed by atoms with Crippen molar-refractivity contribution in [1.29, 1.82) is 0 Å². The van der Waals surface area contributed by atoms with Crippen molar-refractivity contribution in [2.75, 3.05) is 18.2 Å². The molecule has 33 heavy (non-hydrogen) atoms. The number of carbonyl (C=O) groups excluding carboxylic acids is 1. The quantitative estimate of drug-likeness (QED) is 0.303. The molecular weight excluding hydrogens is 479 g/mol. The van der Waals surface area contributed by atoms with E-state index in [4.69, 9.17) is 27.9 Å². The minimum atomic E-state index is -0.182. The summed E-state index contributed by atoms with van der Waals surface area (Å²) >= 11 is 13.6. The first-order valence-electron chi connectivity index (χ1n) is 9.99. The highest BCUT2D eigenvalue weighted by Crippen LogP contribution is 2.30. The van der Waals surface area contributed by atoms with E-state index in [1.807, 2.05) is 60.0 Å². The topological polar surface area (TPSA) is 69.0 Å². The minimum Gasteiger partial charge on any atom is -0.495 e. The number of halogens is 2. The Morgan fingerprint density at radius 2 is 1.82 bits per heavy atom. The van der Waals surface area contributed by atoms with Gasteiger partial charge in [0.2, 0.25) is 5.91 Å². The number of thioether (sulfide) groups is 1. The molecule has 0 aliphatic carbocycles. The second-order valence-electron chi connectivity index (χ2n) is 7.17. The number of nitrogens with one attached hydrogen (secondary N) is 1. The Morgan fingerprint density at radius 3 is 2.55 bits per heavy atom. The first kappa shape index (κ1) is 23.2. The molecule has 6 nitrogen and oxygen atoms in total. The summed E-state index contributed by atoms with van der Waals surface area (Å²) in [5, 5.41) is 13.4. The normalized spacial score (nSPS) is 10.8. The van der Waals surface area contributed by atoms with Crippen molar-refractivity contribution in [3.63, 3.8) is 0 Å². The van der Waals surface area contributed by atoms with E-state index in [2.05, 4.69) is 15.5 Å². The Labute approximate surface area is 205 Å². The zero-order valence-corrected chi connectivity index (χ0v) is 20.2. The molecule has 0 aliphatic heterocycles. The third kappa shape index (κ3) is 5.50. The van der Waals surface area contributed by atoms with Crippen LogP contribution in [-0.2, 0) is 4.79 Å². The second-order valence-corrected chi connectivity index (χ2v) is 8.98. The van der Waals surface area contributed by atoms with Crippen LogP contribution in [-0.4, -0.2) is 33.5 Å². The highest BCUT2D eigenvalue weighted by atomic mass is 35.5. The van der Waals surface area contributed by atoms with Crippen molar-refractivity contribution in [2.45, 2.75) is 12.1 Å². The molecule has 0 spiro atoms. The monoisotopic (exact) mass is 498 g/mol. The van der Waals surface area contributed by atoms with E-state index in [0.29, 0.717) is 32.5 Å². The Hall–Kier alpha value is -3.00. The van der Waals surface area contributed by atoms with Crippen LogP contribution in [0.2, 0.25) is 10.0 Å². The Kier molecular flexibility index (Phi) is 7.23. The lowest BCUT2D eigenvalue weighted by atomic mass is 10.2. The third-order valence-electron chi connectivity index (χ3n) is 4.76. The number of hydrogen-bond acceptors (Lipinski definition) is 5. The average molecular weight is 499 g/mol. The number of anilines is 1. The zero-order valence-electron chi connectivity index (χ0n) is 17.9. The fourth-order valence-corrected chi connectivity index (χ4v) is 4.30. The fraction of sp³-hybridized carbons (Fsp3) is 0.125. The van der Waals surface area contributed by atoms with Crippen LogP contribution in [0, 0.1) is 6.92 Å². The maximum absolute atomic E-state index is 12.7. The maximum atomic E-state index is 12.7. The molecule has 1 heterocycles. The smallest absolute Gasteiger partial charge is 0.234 e. The molecule has 168 valence electrons. The van der Waals surface area contributed by atoms with Crippen LogP contribution in [0.25, 0.3) is 17.1 Å². The maximum Gasteiger partial charge on any atom is 0.234 e. The van der Waals surface area contributed by atoms with Crippen LogP contribution in [0.4, 0.5) is 5.69 Å². The number of carbonyl (C=O) groups is 1. The molecule has 0 fully saturated rings. The van der Waals surface area contributed by atoms with Gasteiger partial charge in [-0.15, -0.1) is 10.2 Å². The molecule has 1 amide bonds. The van der Waals surface area contributed by atoms with Crippen LogP contribution in [0.15, 0.2) is 71.9 Å². The number of hydrogen-bond donors (Lipinski definition) is 1. The Morgan fingerprint density at radius 1 is 1.03 bits per heavy atom. The number of amides is 1. The van der Waals surface area contributed by atoms with E-state index in [9.17, 15) is 4.79 Å². The van der Waals surface area contributed by atoms with Crippen molar-refractivity contribution in [2.24, 2.45) is 0 Å². The minimum absolute atomic E-state index is 0.137. The lowest BCUT2D eigenvalue weighted by Gasteiger charge is -2.12. The lowest BCUT2D eigenvalue weighted by molar-refractivity contribution is -0.113. The largest absolute Gasteiger partial charge is 0.495 e. The van der Waals surface area contributed by atoms with Crippen LogP contribution >= 0.6 is 35.0 Å². The number of benzene rings is 3. The van der Waals surface area contributed by atoms with E-state index in [1.54, 1.807) is 25.3 Å². The van der Waals surface area contributed by atoms with Gasteiger partial charge in [0.25, 0.3) is 0 Å². The predicted molar refractivity (Wildman–Crippen MR) is 134 cm³/mol. The second kappa shape index (κ2) is 10.3. The van der Waals surface area contributed by atoms with Gasteiger partial charge in [0.1, 0.15) is 5.75 Å². The van der Waals surface area contributed by atoms with Crippen molar-refractivity contribution in [3.8, 4) is 22.8 Å². The van der Waals surface area contributed by atoms with Gasteiger partial charge in [0, 0.05) is 21.3 Å². The third-order valence-corrected chi connectivity index (χ3v) is 6.18. The van der Waals surface area contributed by atoms with Gasteiger partial charge in [-0.2, -0.15) is 0 Å². The van der Waals surface area contributed by atoms with Crippen molar-refractivity contribution >= 4 is 46.6 Å². The van der Waals surface area contributed by atoms with Gasteiger partial charge in [-0.25, -0.2) is 0 Å². The van der Waals surface area contributed by atoms with Gasteiger partial charge in [-0.05, 0) is 61.0 Å². The van der Waals surface area contributed by atoms with Gasteiger partial charge in [0.15, 0.2) is 11.0 Å². The molecule has 0 saturated carbocycles. The summed E-state index contributed by atoms with van der Waals surface area (Å²) in [4.78, 5) is 12.7. The average Bonchev–Trinajstić information content (AvgIpc) is 3.22. The van der Waals surface area contributed by atoms with E-state index < -0.39 is 0 Å². The number of nitrogens with zero attached hydrogens (tertiary/aromatic N) is 3. The van der Waals surface area contributed by atoms with Crippen molar-refractivity contribution < 1.29 is 9.53 Å². The first-order chi connectivity index (χ1) is 15.9. The summed E-state index contributed by atoms with van der Waals surface area (Å²) in [7, 11) is 1.57. The van der Waals surface area contributed by atoms with Crippen LogP contribution in [0.3, 0.4) is 0 Å². The summed E-state index contributed by atoms with van der Waals surface area (Å²) in [5.41, 5.74) is 3.28. The van der Waals surface area contributed by atoms with E-state index in [0.717, 1.165) is 16.8 Å². The molecule has 1 aromatic heterocycles. The summed E-state index contributed by atoms with van der Waals surface area (Å²) in [6, 6.07) is 20.4. The number of aryl methyl sites for hydroxylation is 1. The van der Waals surface area contributed by atoms with Gasteiger partial charge in [-0.3, -0.25) is 9.36 Å². The van der Waals surface area contributed by atoms with Gasteiger partial charge in [0.05, 0.1) is 18.6 Å². The molecule has 4 aromatic rings. The summed E-state index contributed by atoms with van der Waals surface area (Å²) in [5.74, 6) is 1.17. The molecule has 9 heteroatoms. The lowest BCUT2D eigenvalue weighted by Crippen LogP contribution is -2.15. The number of rotatable bonds is 7. The molecular formula is C24H20Cl2N4O2S. The number of aromatic nitrogens is 3. The number of methoxy groups -OCH3 is 1. The fourth-order valence-electron chi connectivity index (χ4n) is 3.24. The standard InChI is InChI=1S/C24H20Cl2N4O2S/c1-15-6-11-21(32-2)20(12-15)27-22(31)14-33-24-29-28-23(16-4-3-5-18(26)13-16)30(24)19-9-7-17(25)8-10-19/h3-13H,14H2,1-2H3,(H,27,31). The SMILES string of the molecule is COc1ccc(C)cc1NC(=O)CSc1nnc(-c2cccc(Cl)c2)n1-c1ccc(Cl)cc1. The molecule has 4 rings (SSSR count). The summed E-state index contributed by atoms with van der Waals surface area (Å²) in [6.07, 6.45) is 0. The van der Waals surface area contributed by atoms with E-state index >= 15 is 0 Å². The molecule has 0 bridgehead atoms. The van der Waals surface area contributed by atoms with Gasteiger partial charge < -0.3 is 10.1 Å². The zero-order chi connectivity index (χ0) is 23.4. The van der Waals surface area contributed by atoms with E-state index in [-0.39, 0.29) is 11.7 Å². The first-order valence-corrected chi connectivity index (χ1v) is 11.7. The molecule has 0 saturated heterocycles. The highest BCUT2D eigenvalue weighted by Gasteiger charge is 2.18. The van der Waals surface area contributed by atoms with Crippen molar-refractivity contribution in [3.05, 3.63) is 82.3 Å². The van der Waals surface area contributed by atoms with Crippen LogP contribution in [0.1, 0.15) is 5.56 Å². The Bertz CT molecular complexity index is 1290. The highest BCUT2D eigenvalue weighted by molar-refractivity contribution is 7.99. The molecule has 0 aliphatic rings. The van der Waals surface area contributed by atoms with Gasteiger partial charge >= 0.3 is 0 Å². The molecule has 0 unspecified atom stereocenters. The predicted octanol–water partition coefficient (Wildman–Crippen LogP) is 6.29.